The lowest BCUT2D eigenvalue weighted by atomic mass is 10.1. The number of ether oxygens (including phenoxy) is 1. The number of carbonyl (C=O) groups is 1. The third-order valence-corrected chi connectivity index (χ3v) is 3.52. The van der Waals surface area contributed by atoms with E-state index in [1.165, 1.54) is 10.1 Å². The van der Waals surface area contributed by atoms with Crippen molar-refractivity contribution in [3.05, 3.63) is 35.2 Å². The summed E-state index contributed by atoms with van der Waals surface area (Å²) >= 11 is 1.71. The molecule has 0 unspecified atom stereocenters. The predicted molar refractivity (Wildman–Crippen MR) is 87.6 cm³/mol. The largest absolute Gasteiger partial charge is 0.444 e. The first-order valence-electron chi connectivity index (χ1n) is 6.88. The highest BCUT2D eigenvalue weighted by atomic mass is 32.1. The van der Waals surface area contributed by atoms with E-state index >= 15 is 0 Å². The van der Waals surface area contributed by atoms with Crippen LogP contribution in [0.25, 0.3) is 10.1 Å². The SMILES string of the molecule is CC(C)(C)OC(=O)NCCC#Cc1cccc2sccc12. The topological polar surface area (TPSA) is 38.3 Å². The average molecular weight is 301 g/mol. The maximum absolute atomic E-state index is 11.5. The molecule has 21 heavy (non-hydrogen) atoms. The van der Waals surface area contributed by atoms with Crippen molar-refractivity contribution >= 4 is 27.5 Å². The zero-order valence-corrected chi connectivity index (χ0v) is 13.3. The highest BCUT2D eigenvalue weighted by Crippen LogP contribution is 2.23. The third kappa shape index (κ3) is 4.80. The highest BCUT2D eigenvalue weighted by Gasteiger charge is 2.15. The quantitative estimate of drug-likeness (QED) is 0.668. The van der Waals surface area contributed by atoms with Gasteiger partial charge in [0, 0.05) is 28.6 Å². The summed E-state index contributed by atoms with van der Waals surface area (Å²) in [6.45, 7) is 6.01. The molecule has 2 aromatic rings. The van der Waals surface area contributed by atoms with Gasteiger partial charge >= 0.3 is 6.09 Å². The van der Waals surface area contributed by atoms with Gasteiger partial charge in [0.25, 0.3) is 0 Å². The minimum Gasteiger partial charge on any atom is -0.444 e. The summed E-state index contributed by atoms with van der Waals surface area (Å²) in [5.74, 6) is 6.25. The molecule has 0 aliphatic heterocycles. The number of hydrogen-bond acceptors (Lipinski definition) is 3. The van der Waals surface area contributed by atoms with E-state index in [1.807, 2.05) is 32.9 Å². The van der Waals surface area contributed by atoms with Crippen LogP contribution in [0.1, 0.15) is 32.8 Å². The van der Waals surface area contributed by atoms with Crippen LogP contribution >= 0.6 is 11.3 Å². The number of benzene rings is 1. The minimum absolute atomic E-state index is 0.399. The second-order valence-corrected chi connectivity index (χ2v) is 6.57. The fraction of sp³-hybridized carbons (Fsp3) is 0.353. The molecule has 1 heterocycles. The van der Waals surface area contributed by atoms with Gasteiger partial charge in [0.1, 0.15) is 5.60 Å². The Balaban J connectivity index is 1.85. The standard InChI is InChI=1S/C17H19NO2S/c1-17(2,3)20-16(19)18-11-5-4-7-13-8-6-9-15-14(13)10-12-21-15/h6,8-10,12H,5,11H2,1-3H3,(H,18,19). The molecule has 1 aromatic heterocycles. The summed E-state index contributed by atoms with van der Waals surface area (Å²) < 4.78 is 6.40. The second-order valence-electron chi connectivity index (χ2n) is 5.62. The highest BCUT2D eigenvalue weighted by molar-refractivity contribution is 7.17. The molecule has 0 saturated carbocycles. The second kappa shape index (κ2) is 6.64. The van der Waals surface area contributed by atoms with Crippen LogP contribution in [0.5, 0.6) is 0 Å². The third-order valence-electron chi connectivity index (χ3n) is 2.64. The molecule has 2 rings (SSSR count). The van der Waals surface area contributed by atoms with E-state index in [4.69, 9.17) is 4.74 Å². The van der Waals surface area contributed by atoms with Gasteiger partial charge in [-0.25, -0.2) is 4.79 Å². The summed E-state index contributed by atoms with van der Waals surface area (Å²) in [6, 6.07) is 8.21. The first-order valence-corrected chi connectivity index (χ1v) is 7.75. The zero-order chi connectivity index (χ0) is 15.3. The lowest BCUT2D eigenvalue weighted by molar-refractivity contribution is 0.0529. The van der Waals surface area contributed by atoms with E-state index in [9.17, 15) is 4.79 Å². The van der Waals surface area contributed by atoms with Crippen LogP contribution in [0.4, 0.5) is 4.79 Å². The molecule has 0 spiro atoms. The molecule has 110 valence electrons. The number of carbonyl (C=O) groups excluding carboxylic acids is 1. The van der Waals surface area contributed by atoms with Crippen molar-refractivity contribution < 1.29 is 9.53 Å². The lowest BCUT2D eigenvalue weighted by Crippen LogP contribution is -2.32. The van der Waals surface area contributed by atoms with Crippen molar-refractivity contribution in [3.8, 4) is 11.8 Å². The predicted octanol–water partition coefficient (Wildman–Crippen LogP) is 4.17. The molecular formula is C17H19NO2S. The first-order chi connectivity index (χ1) is 9.96. The van der Waals surface area contributed by atoms with Crippen LogP contribution in [0.3, 0.4) is 0 Å². The molecule has 0 fully saturated rings. The van der Waals surface area contributed by atoms with E-state index in [1.54, 1.807) is 11.3 Å². The maximum Gasteiger partial charge on any atom is 0.407 e. The van der Waals surface area contributed by atoms with E-state index < -0.39 is 11.7 Å². The summed E-state index contributed by atoms with van der Waals surface area (Å²) in [7, 11) is 0. The molecule has 1 amide bonds. The Morgan fingerprint density at radius 2 is 2.14 bits per heavy atom. The molecule has 0 saturated heterocycles. The van der Waals surface area contributed by atoms with Crippen molar-refractivity contribution in [1.82, 2.24) is 5.32 Å². The van der Waals surface area contributed by atoms with Gasteiger partial charge in [0.05, 0.1) is 0 Å². The van der Waals surface area contributed by atoms with Gasteiger partial charge in [-0.2, -0.15) is 0 Å². The number of thiophene rings is 1. The van der Waals surface area contributed by atoms with Crippen molar-refractivity contribution in [2.75, 3.05) is 6.54 Å². The Morgan fingerprint density at radius 1 is 1.33 bits per heavy atom. The molecule has 1 N–H and O–H groups in total. The van der Waals surface area contributed by atoms with Crippen LogP contribution in [0.15, 0.2) is 29.6 Å². The Bertz CT molecular complexity index is 686. The molecule has 0 aliphatic rings. The van der Waals surface area contributed by atoms with Crippen LogP contribution in [0, 0.1) is 11.8 Å². The normalized spacial score (nSPS) is 10.8. The molecule has 1 aromatic carbocycles. The number of fused-ring (bicyclic) bond motifs is 1. The Kier molecular flexibility index (Phi) is 4.87. The lowest BCUT2D eigenvalue weighted by Gasteiger charge is -2.19. The van der Waals surface area contributed by atoms with Gasteiger partial charge in [-0.15, -0.1) is 11.3 Å². The van der Waals surface area contributed by atoms with E-state index in [0.717, 1.165) is 5.56 Å². The van der Waals surface area contributed by atoms with Crippen LogP contribution in [-0.2, 0) is 4.74 Å². The van der Waals surface area contributed by atoms with Gasteiger partial charge in [-0.05, 0) is 44.4 Å². The summed E-state index contributed by atoms with van der Waals surface area (Å²) in [5, 5.41) is 5.96. The summed E-state index contributed by atoms with van der Waals surface area (Å²) in [4.78, 5) is 11.5. The molecule has 0 bridgehead atoms. The maximum atomic E-state index is 11.5. The number of amides is 1. The summed E-state index contributed by atoms with van der Waals surface area (Å²) in [5.41, 5.74) is 0.565. The first kappa shape index (κ1) is 15.4. The molecule has 0 radical (unpaired) electrons. The molecule has 3 nitrogen and oxygen atoms in total. The molecule has 4 heteroatoms. The smallest absolute Gasteiger partial charge is 0.407 e. The van der Waals surface area contributed by atoms with E-state index in [2.05, 4.69) is 34.7 Å². The van der Waals surface area contributed by atoms with E-state index in [-0.39, 0.29) is 0 Å². The number of alkyl carbamates (subject to hydrolysis) is 1. The minimum atomic E-state index is -0.468. The van der Waals surface area contributed by atoms with Crippen LogP contribution in [-0.4, -0.2) is 18.2 Å². The van der Waals surface area contributed by atoms with Crippen molar-refractivity contribution in [1.29, 1.82) is 0 Å². The van der Waals surface area contributed by atoms with Gasteiger partial charge < -0.3 is 10.1 Å². The monoisotopic (exact) mass is 301 g/mol. The van der Waals surface area contributed by atoms with Crippen LogP contribution in [0.2, 0.25) is 0 Å². The van der Waals surface area contributed by atoms with Crippen LogP contribution < -0.4 is 5.32 Å². The molecular weight excluding hydrogens is 282 g/mol. The molecule has 0 aliphatic carbocycles. The van der Waals surface area contributed by atoms with Gasteiger partial charge in [0.15, 0.2) is 0 Å². The van der Waals surface area contributed by atoms with Gasteiger partial charge in [-0.3, -0.25) is 0 Å². The number of hydrogen-bond donors (Lipinski definition) is 1. The Hall–Kier alpha value is -1.99. The van der Waals surface area contributed by atoms with Crippen molar-refractivity contribution in [3.63, 3.8) is 0 Å². The van der Waals surface area contributed by atoms with Gasteiger partial charge in [0.2, 0.25) is 0 Å². The summed E-state index contributed by atoms with van der Waals surface area (Å²) in [6.07, 6.45) is 0.198. The Labute approximate surface area is 129 Å². The van der Waals surface area contributed by atoms with Crippen molar-refractivity contribution in [2.45, 2.75) is 32.8 Å². The van der Waals surface area contributed by atoms with E-state index in [0.29, 0.717) is 13.0 Å². The fourth-order valence-electron chi connectivity index (χ4n) is 1.80. The molecule has 0 atom stereocenters. The van der Waals surface area contributed by atoms with Gasteiger partial charge in [-0.1, -0.05) is 17.9 Å². The zero-order valence-electron chi connectivity index (χ0n) is 12.5. The number of rotatable bonds is 2. The van der Waals surface area contributed by atoms with Crippen molar-refractivity contribution in [2.24, 2.45) is 0 Å². The fourth-order valence-corrected chi connectivity index (χ4v) is 2.61. The average Bonchev–Trinajstić information content (AvgIpc) is 2.85. The number of nitrogens with one attached hydrogen (secondary N) is 1. The Morgan fingerprint density at radius 3 is 2.90 bits per heavy atom.